The van der Waals surface area contributed by atoms with Crippen molar-refractivity contribution >= 4 is 15.7 Å². The van der Waals surface area contributed by atoms with E-state index >= 15 is 0 Å². The Bertz CT molecular complexity index is 540. The first-order chi connectivity index (χ1) is 9.31. The summed E-state index contributed by atoms with van der Waals surface area (Å²) in [6, 6.07) is 2.03. The SMILES string of the molecule is COCC(C)CNS(=O)(=O)c1cc(N)c(OC)c(F)c1. The van der Waals surface area contributed by atoms with Crippen LogP contribution in [0.15, 0.2) is 17.0 Å². The number of nitrogens with two attached hydrogens (primary N) is 1. The monoisotopic (exact) mass is 306 g/mol. The first kappa shape index (κ1) is 16.7. The Hall–Kier alpha value is -1.38. The van der Waals surface area contributed by atoms with E-state index in [9.17, 15) is 12.8 Å². The first-order valence-corrected chi connectivity index (χ1v) is 7.41. The summed E-state index contributed by atoms with van der Waals surface area (Å²) in [5, 5.41) is 0. The summed E-state index contributed by atoms with van der Waals surface area (Å²) in [4.78, 5) is -0.238. The van der Waals surface area contributed by atoms with Gasteiger partial charge in [-0.3, -0.25) is 0 Å². The van der Waals surface area contributed by atoms with Gasteiger partial charge in [0, 0.05) is 20.3 Å². The lowest BCUT2D eigenvalue weighted by Crippen LogP contribution is -2.30. The molecule has 0 saturated heterocycles. The molecular formula is C12H19FN2O4S. The van der Waals surface area contributed by atoms with Crippen LogP contribution in [0.3, 0.4) is 0 Å². The van der Waals surface area contributed by atoms with E-state index < -0.39 is 15.8 Å². The number of nitrogen functional groups attached to an aromatic ring is 1. The average Bonchev–Trinajstić information content (AvgIpc) is 2.36. The highest BCUT2D eigenvalue weighted by atomic mass is 32.2. The molecule has 0 saturated carbocycles. The molecule has 0 fully saturated rings. The Kier molecular flexibility index (Phi) is 5.73. The topological polar surface area (TPSA) is 90.7 Å². The number of sulfonamides is 1. The standard InChI is InChI=1S/C12H19FN2O4S/c1-8(7-18-2)6-15-20(16,17)9-4-10(13)12(19-3)11(14)5-9/h4-5,8,15H,6-7,14H2,1-3H3. The van der Waals surface area contributed by atoms with E-state index in [-0.39, 0.29) is 28.8 Å². The van der Waals surface area contributed by atoms with Gasteiger partial charge in [0.05, 0.1) is 17.7 Å². The van der Waals surface area contributed by atoms with Crippen LogP contribution in [-0.4, -0.2) is 35.8 Å². The molecule has 0 aromatic heterocycles. The normalized spacial score (nSPS) is 13.2. The second kappa shape index (κ2) is 6.87. The maximum absolute atomic E-state index is 13.6. The Morgan fingerprint density at radius 1 is 1.40 bits per heavy atom. The van der Waals surface area contributed by atoms with Gasteiger partial charge in [-0.2, -0.15) is 0 Å². The predicted octanol–water partition coefficient (Wildman–Crippen LogP) is 0.977. The lowest BCUT2D eigenvalue weighted by atomic mass is 10.2. The van der Waals surface area contributed by atoms with Crippen LogP contribution in [0.1, 0.15) is 6.92 Å². The molecule has 6 nitrogen and oxygen atoms in total. The van der Waals surface area contributed by atoms with Gasteiger partial charge in [0.25, 0.3) is 0 Å². The molecule has 0 aliphatic rings. The fourth-order valence-corrected chi connectivity index (χ4v) is 2.85. The maximum Gasteiger partial charge on any atom is 0.240 e. The van der Waals surface area contributed by atoms with E-state index in [2.05, 4.69) is 4.72 Å². The quantitative estimate of drug-likeness (QED) is 0.733. The smallest absolute Gasteiger partial charge is 0.240 e. The molecule has 114 valence electrons. The number of methoxy groups -OCH3 is 2. The zero-order valence-corrected chi connectivity index (χ0v) is 12.5. The van der Waals surface area contributed by atoms with E-state index in [1.54, 1.807) is 0 Å². The molecule has 0 radical (unpaired) electrons. The molecule has 0 bridgehead atoms. The molecule has 1 aromatic rings. The van der Waals surface area contributed by atoms with E-state index in [1.807, 2.05) is 6.92 Å². The van der Waals surface area contributed by atoms with Crippen LogP contribution in [0.25, 0.3) is 0 Å². The number of hydrogen-bond donors (Lipinski definition) is 2. The summed E-state index contributed by atoms with van der Waals surface area (Å²) < 4.78 is 49.7. The minimum absolute atomic E-state index is 0.00443. The summed E-state index contributed by atoms with van der Waals surface area (Å²) in [5.74, 6) is -0.996. The van der Waals surface area contributed by atoms with Crippen LogP contribution in [0, 0.1) is 11.7 Å². The van der Waals surface area contributed by atoms with Gasteiger partial charge in [0.1, 0.15) is 0 Å². The van der Waals surface area contributed by atoms with Crippen molar-refractivity contribution in [2.45, 2.75) is 11.8 Å². The molecule has 0 spiro atoms. The number of ether oxygens (including phenoxy) is 2. The van der Waals surface area contributed by atoms with Gasteiger partial charge < -0.3 is 15.2 Å². The summed E-state index contributed by atoms with van der Waals surface area (Å²) in [7, 11) is -1.03. The van der Waals surface area contributed by atoms with Crippen molar-refractivity contribution in [1.82, 2.24) is 4.72 Å². The molecule has 1 unspecified atom stereocenters. The number of benzene rings is 1. The van der Waals surface area contributed by atoms with E-state index in [0.29, 0.717) is 6.61 Å². The lowest BCUT2D eigenvalue weighted by Gasteiger charge is -2.13. The van der Waals surface area contributed by atoms with Crippen molar-refractivity contribution in [1.29, 1.82) is 0 Å². The molecule has 0 amide bonds. The number of rotatable bonds is 7. The fraction of sp³-hybridized carbons (Fsp3) is 0.500. The highest BCUT2D eigenvalue weighted by Crippen LogP contribution is 2.28. The van der Waals surface area contributed by atoms with Crippen molar-refractivity contribution in [2.24, 2.45) is 5.92 Å². The Labute approximate surface area is 118 Å². The van der Waals surface area contributed by atoms with E-state index in [1.165, 1.54) is 14.2 Å². The Balaban J connectivity index is 2.93. The molecule has 1 atom stereocenters. The van der Waals surface area contributed by atoms with Crippen molar-refractivity contribution in [2.75, 3.05) is 33.1 Å². The third kappa shape index (κ3) is 4.06. The van der Waals surface area contributed by atoms with Gasteiger partial charge >= 0.3 is 0 Å². The van der Waals surface area contributed by atoms with Crippen LogP contribution >= 0.6 is 0 Å². The third-order valence-electron chi connectivity index (χ3n) is 2.63. The van der Waals surface area contributed by atoms with Crippen LogP contribution in [-0.2, 0) is 14.8 Å². The van der Waals surface area contributed by atoms with Crippen molar-refractivity contribution in [3.05, 3.63) is 17.9 Å². The molecule has 0 aliphatic carbocycles. The van der Waals surface area contributed by atoms with Crippen LogP contribution in [0.5, 0.6) is 5.75 Å². The Morgan fingerprint density at radius 3 is 2.55 bits per heavy atom. The van der Waals surface area contributed by atoms with Gasteiger partial charge in [-0.1, -0.05) is 6.92 Å². The van der Waals surface area contributed by atoms with Crippen LogP contribution < -0.4 is 15.2 Å². The summed E-state index contributed by atoms with van der Waals surface area (Å²) in [6.45, 7) is 2.43. The summed E-state index contributed by atoms with van der Waals surface area (Å²) >= 11 is 0. The van der Waals surface area contributed by atoms with Crippen molar-refractivity contribution in [3.63, 3.8) is 0 Å². The third-order valence-corrected chi connectivity index (χ3v) is 4.04. The largest absolute Gasteiger partial charge is 0.492 e. The van der Waals surface area contributed by atoms with Gasteiger partial charge in [-0.15, -0.1) is 0 Å². The van der Waals surface area contributed by atoms with Crippen molar-refractivity contribution in [3.8, 4) is 5.75 Å². The first-order valence-electron chi connectivity index (χ1n) is 5.93. The minimum atomic E-state index is -3.82. The Morgan fingerprint density at radius 2 is 2.05 bits per heavy atom. The van der Waals surface area contributed by atoms with Gasteiger partial charge in [0.2, 0.25) is 10.0 Å². The van der Waals surface area contributed by atoms with Gasteiger partial charge in [0.15, 0.2) is 11.6 Å². The zero-order chi connectivity index (χ0) is 15.3. The number of hydrogen-bond acceptors (Lipinski definition) is 5. The molecule has 1 aromatic carbocycles. The molecule has 0 aliphatic heterocycles. The average molecular weight is 306 g/mol. The number of halogens is 1. The molecule has 20 heavy (non-hydrogen) atoms. The van der Waals surface area contributed by atoms with Crippen molar-refractivity contribution < 1.29 is 22.3 Å². The molecule has 1 rings (SSSR count). The van der Waals surface area contributed by atoms with Gasteiger partial charge in [-0.25, -0.2) is 17.5 Å². The molecule has 0 heterocycles. The maximum atomic E-state index is 13.6. The molecule has 8 heteroatoms. The highest BCUT2D eigenvalue weighted by Gasteiger charge is 2.19. The van der Waals surface area contributed by atoms with E-state index in [4.69, 9.17) is 15.2 Å². The lowest BCUT2D eigenvalue weighted by molar-refractivity contribution is 0.161. The fourth-order valence-electron chi connectivity index (χ4n) is 1.64. The van der Waals surface area contributed by atoms with Crippen LogP contribution in [0.4, 0.5) is 10.1 Å². The zero-order valence-electron chi connectivity index (χ0n) is 11.6. The highest BCUT2D eigenvalue weighted by molar-refractivity contribution is 7.89. The van der Waals surface area contributed by atoms with E-state index in [0.717, 1.165) is 12.1 Å². The van der Waals surface area contributed by atoms with Gasteiger partial charge in [-0.05, 0) is 18.1 Å². The molecular weight excluding hydrogens is 287 g/mol. The molecule has 3 N–H and O–H groups in total. The predicted molar refractivity (Wildman–Crippen MR) is 73.6 cm³/mol. The summed E-state index contributed by atoms with van der Waals surface area (Å²) in [5.41, 5.74) is 5.48. The minimum Gasteiger partial charge on any atom is -0.492 e. The summed E-state index contributed by atoms with van der Waals surface area (Å²) in [6.07, 6.45) is 0. The number of anilines is 1. The number of nitrogens with one attached hydrogen (secondary N) is 1. The van der Waals surface area contributed by atoms with Crippen LogP contribution in [0.2, 0.25) is 0 Å². The second-order valence-electron chi connectivity index (χ2n) is 4.44. The second-order valence-corrected chi connectivity index (χ2v) is 6.21.